The van der Waals surface area contributed by atoms with Gasteiger partial charge in [-0.3, -0.25) is 4.98 Å². The molecule has 8 heteroatoms. The Hall–Kier alpha value is -3.00. The lowest BCUT2D eigenvalue weighted by molar-refractivity contribution is -0.137. The number of ether oxygens (including phenoxy) is 2. The Morgan fingerprint density at radius 1 is 1.19 bits per heavy atom. The molecule has 3 rings (SSSR count). The van der Waals surface area contributed by atoms with Crippen LogP contribution < -0.4 is 20.5 Å². The summed E-state index contributed by atoms with van der Waals surface area (Å²) in [7, 11) is 1.49. The lowest BCUT2D eigenvalue weighted by atomic mass is 10.1. The van der Waals surface area contributed by atoms with E-state index in [4.69, 9.17) is 15.2 Å². The van der Waals surface area contributed by atoms with E-state index < -0.39 is 11.7 Å². The molecular weight excluding hydrogens is 407 g/mol. The highest BCUT2D eigenvalue weighted by atomic mass is 19.4. The molecule has 0 fully saturated rings. The quantitative estimate of drug-likeness (QED) is 0.463. The van der Waals surface area contributed by atoms with Gasteiger partial charge in [0.2, 0.25) is 0 Å². The number of nitrogens with two attached hydrogens (primary N) is 1. The van der Waals surface area contributed by atoms with Gasteiger partial charge in [0.15, 0.2) is 11.5 Å². The maximum absolute atomic E-state index is 13.1. The van der Waals surface area contributed by atoms with Gasteiger partial charge in [0, 0.05) is 18.3 Å². The van der Waals surface area contributed by atoms with E-state index in [1.807, 2.05) is 13.0 Å². The van der Waals surface area contributed by atoms with E-state index in [0.29, 0.717) is 28.9 Å². The fraction of sp³-hybridized carbons (Fsp3) is 0.348. The van der Waals surface area contributed by atoms with Crippen molar-refractivity contribution in [1.82, 2.24) is 4.98 Å². The van der Waals surface area contributed by atoms with Crippen molar-refractivity contribution in [2.75, 3.05) is 19.0 Å². The lowest BCUT2D eigenvalue weighted by Gasteiger charge is -2.21. The minimum atomic E-state index is -4.46. The van der Waals surface area contributed by atoms with Crippen LogP contribution in [0.2, 0.25) is 0 Å². The number of nitrogens with zero attached hydrogens (tertiary/aromatic N) is 1. The number of halogens is 3. The number of hydrogen-bond donors (Lipinski definition) is 2. The molecule has 0 bridgehead atoms. The molecule has 5 nitrogen and oxygen atoms in total. The number of rotatable bonds is 8. The number of hydrogen-bond acceptors (Lipinski definition) is 5. The van der Waals surface area contributed by atoms with Gasteiger partial charge in [-0.25, -0.2) is 0 Å². The highest BCUT2D eigenvalue weighted by Crippen LogP contribution is 2.44. The standard InChI is InChI=1S/C23H26F3N3O2/c1-14-9-11-28-21-18(29-15(2)6-5-10-27)13-19(30-3)22(20(14)21)31-17-8-4-7-16(12-17)23(24,25)26/h4,7-9,11-13,15,29H,5-6,10,27H2,1-3H3. The first-order valence-electron chi connectivity index (χ1n) is 10.0. The second kappa shape index (κ2) is 9.43. The zero-order chi connectivity index (χ0) is 22.6. The van der Waals surface area contributed by atoms with Crippen LogP contribution in [-0.4, -0.2) is 24.7 Å². The van der Waals surface area contributed by atoms with E-state index >= 15 is 0 Å². The SMILES string of the molecule is COc1cc(NC(C)CCCN)c2nccc(C)c2c1Oc1cccc(C(F)(F)F)c1. The molecule has 0 aliphatic carbocycles. The molecule has 1 heterocycles. The summed E-state index contributed by atoms with van der Waals surface area (Å²) < 4.78 is 50.9. The molecule has 0 saturated carbocycles. The van der Waals surface area contributed by atoms with E-state index in [9.17, 15) is 13.2 Å². The Morgan fingerprint density at radius 2 is 1.97 bits per heavy atom. The van der Waals surface area contributed by atoms with Crippen molar-refractivity contribution in [1.29, 1.82) is 0 Å². The van der Waals surface area contributed by atoms with E-state index in [2.05, 4.69) is 17.2 Å². The average Bonchev–Trinajstić information content (AvgIpc) is 2.73. The van der Waals surface area contributed by atoms with Crippen molar-refractivity contribution in [3.8, 4) is 17.2 Å². The Kier molecular flexibility index (Phi) is 6.90. The molecule has 3 N–H and O–H groups in total. The first-order valence-corrected chi connectivity index (χ1v) is 10.0. The molecule has 1 atom stereocenters. The van der Waals surface area contributed by atoms with Crippen LogP contribution in [0.15, 0.2) is 42.6 Å². The van der Waals surface area contributed by atoms with Crippen LogP contribution in [0.5, 0.6) is 17.2 Å². The van der Waals surface area contributed by atoms with Crippen molar-refractivity contribution in [3.05, 3.63) is 53.7 Å². The normalized spacial score (nSPS) is 12.6. The zero-order valence-corrected chi connectivity index (χ0v) is 17.7. The van der Waals surface area contributed by atoms with Crippen molar-refractivity contribution < 1.29 is 22.6 Å². The van der Waals surface area contributed by atoms with Crippen molar-refractivity contribution in [2.24, 2.45) is 5.73 Å². The number of methoxy groups -OCH3 is 1. The maximum atomic E-state index is 13.1. The average molecular weight is 433 g/mol. The molecule has 0 aliphatic heterocycles. The molecule has 1 aromatic heterocycles. The lowest BCUT2D eigenvalue weighted by Crippen LogP contribution is -2.17. The molecule has 3 aromatic rings. The molecule has 31 heavy (non-hydrogen) atoms. The Balaban J connectivity index is 2.09. The molecule has 2 aromatic carbocycles. The minimum absolute atomic E-state index is 0.0645. The summed E-state index contributed by atoms with van der Waals surface area (Å²) in [5, 5.41) is 4.11. The van der Waals surface area contributed by atoms with Crippen LogP contribution in [-0.2, 0) is 6.18 Å². The predicted octanol–water partition coefficient (Wildman–Crippen LogP) is 5.90. The number of aromatic nitrogens is 1. The van der Waals surface area contributed by atoms with Crippen LogP contribution in [0.25, 0.3) is 10.9 Å². The van der Waals surface area contributed by atoms with E-state index in [1.165, 1.54) is 19.2 Å². The predicted molar refractivity (Wildman–Crippen MR) is 116 cm³/mol. The number of benzene rings is 2. The molecule has 1 unspecified atom stereocenters. The van der Waals surface area contributed by atoms with Crippen LogP contribution in [0.1, 0.15) is 30.9 Å². The number of alkyl halides is 3. The second-order valence-electron chi connectivity index (χ2n) is 7.41. The van der Waals surface area contributed by atoms with E-state index in [1.54, 1.807) is 12.3 Å². The second-order valence-corrected chi connectivity index (χ2v) is 7.41. The van der Waals surface area contributed by atoms with Gasteiger partial charge in [-0.05, 0) is 63.1 Å². The monoisotopic (exact) mass is 433 g/mol. The maximum Gasteiger partial charge on any atom is 0.416 e. The molecular formula is C23H26F3N3O2. The molecule has 0 radical (unpaired) electrons. The smallest absolute Gasteiger partial charge is 0.416 e. The summed E-state index contributed by atoms with van der Waals surface area (Å²) in [4.78, 5) is 4.51. The van der Waals surface area contributed by atoms with E-state index in [0.717, 1.165) is 36.2 Å². The van der Waals surface area contributed by atoms with Gasteiger partial charge in [-0.2, -0.15) is 13.2 Å². The van der Waals surface area contributed by atoms with Gasteiger partial charge >= 0.3 is 6.18 Å². The summed E-state index contributed by atoms with van der Waals surface area (Å²) in [6.07, 6.45) is -1.01. The van der Waals surface area contributed by atoms with E-state index in [-0.39, 0.29) is 11.8 Å². The fourth-order valence-corrected chi connectivity index (χ4v) is 3.42. The molecule has 0 saturated heterocycles. The summed E-state index contributed by atoms with van der Waals surface area (Å²) in [6, 6.07) is 8.50. The Labute approximate surface area is 179 Å². The fourth-order valence-electron chi connectivity index (χ4n) is 3.42. The Bertz CT molecular complexity index is 1050. The number of nitrogens with one attached hydrogen (secondary N) is 1. The number of aryl methyl sites for hydroxylation is 1. The highest BCUT2D eigenvalue weighted by molar-refractivity contribution is 5.99. The number of anilines is 1. The van der Waals surface area contributed by atoms with Crippen LogP contribution >= 0.6 is 0 Å². The third-order valence-corrected chi connectivity index (χ3v) is 4.99. The summed E-state index contributed by atoms with van der Waals surface area (Å²) >= 11 is 0. The highest BCUT2D eigenvalue weighted by Gasteiger charge is 2.31. The zero-order valence-electron chi connectivity index (χ0n) is 17.7. The third-order valence-electron chi connectivity index (χ3n) is 4.99. The number of pyridine rings is 1. The van der Waals surface area contributed by atoms with Crippen molar-refractivity contribution >= 4 is 16.6 Å². The van der Waals surface area contributed by atoms with Gasteiger partial charge in [-0.15, -0.1) is 0 Å². The third kappa shape index (κ3) is 5.19. The molecule has 0 amide bonds. The summed E-state index contributed by atoms with van der Waals surface area (Å²) in [5.41, 5.74) is 7.11. The molecule has 166 valence electrons. The summed E-state index contributed by atoms with van der Waals surface area (Å²) in [6.45, 7) is 4.55. The molecule has 0 spiro atoms. The van der Waals surface area contributed by atoms with Crippen molar-refractivity contribution in [2.45, 2.75) is 38.9 Å². The first kappa shape index (κ1) is 22.7. The first-order chi connectivity index (χ1) is 14.7. The van der Waals surface area contributed by atoms with Gasteiger partial charge in [0.1, 0.15) is 5.75 Å². The van der Waals surface area contributed by atoms with Crippen LogP contribution in [0.3, 0.4) is 0 Å². The molecule has 0 aliphatic rings. The van der Waals surface area contributed by atoms with Gasteiger partial charge in [0.05, 0.1) is 29.3 Å². The van der Waals surface area contributed by atoms with Crippen molar-refractivity contribution in [3.63, 3.8) is 0 Å². The largest absolute Gasteiger partial charge is 0.493 e. The van der Waals surface area contributed by atoms with Gasteiger partial charge < -0.3 is 20.5 Å². The van der Waals surface area contributed by atoms with Crippen LogP contribution in [0, 0.1) is 6.92 Å². The summed E-state index contributed by atoms with van der Waals surface area (Å²) in [5.74, 6) is 0.784. The Morgan fingerprint density at radius 3 is 2.65 bits per heavy atom. The van der Waals surface area contributed by atoms with Gasteiger partial charge in [-0.1, -0.05) is 6.07 Å². The minimum Gasteiger partial charge on any atom is -0.493 e. The van der Waals surface area contributed by atoms with Crippen LogP contribution in [0.4, 0.5) is 18.9 Å². The van der Waals surface area contributed by atoms with Gasteiger partial charge in [0.25, 0.3) is 0 Å². The topological polar surface area (TPSA) is 69.4 Å². The number of fused-ring (bicyclic) bond motifs is 1.